The van der Waals surface area contributed by atoms with Crippen molar-refractivity contribution in [3.05, 3.63) is 85.1 Å². The van der Waals surface area contributed by atoms with Crippen molar-refractivity contribution in [2.45, 2.75) is 158 Å². The molecule has 15 heteroatoms. The van der Waals surface area contributed by atoms with Gasteiger partial charge in [-0.3, -0.25) is 4.79 Å². The van der Waals surface area contributed by atoms with Crippen molar-refractivity contribution in [3.63, 3.8) is 0 Å². The van der Waals surface area contributed by atoms with Crippen molar-refractivity contribution in [1.82, 2.24) is 5.32 Å². The van der Waals surface area contributed by atoms with Gasteiger partial charge in [-0.1, -0.05) is 85.9 Å². The van der Waals surface area contributed by atoms with E-state index in [1.165, 1.54) is 44.4 Å². The third-order valence-electron chi connectivity index (χ3n) is 9.25. The highest BCUT2D eigenvalue weighted by Crippen LogP contribution is 2.20. The molecule has 0 aliphatic carbocycles. The molecule has 0 aliphatic heterocycles. The first-order chi connectivity index (χ1) is 27.9. The summed E-state index contributed by atoms with van der Waals surface area (Å²) >= 11 is 0. The van der Waals surface area contributed by atoms with Crippen LogP contribution < -0.4 is 5.32 Å². The predicted octanol–water partition coefficient (Wildman–Crippen LogP) is 1.48. The average molecular weight is 840 g/mol. The molecule has 59 heavy (non-hydrogen) atoms. The number of carbonyl (C=O) groups excluding carboxylic acids is 2. The largest absolute Gasteiger partial charge is 0.466 e. The zero-order chi connectivity index (χ0) is 44.6. The maximum Gasteiger partial charge on any atom is 0.330 e. The molecule has 0 spiro atoms. The van der Waals surface area contributed by atoms with E-state index in [0.717, 1.165) is 0 Å². The highest BCUT2D eigenvalue weighted by molar-refractivity contribution is 5.82. The number of rotatable bonds is 33. The Morgan fingerprint density at radius 2 is 1.00 bits per heavy atom. The highest BCUT2D eigenvalue weighted by Gasteiger charge is 2.25. The monoisotopic (exact) mass is 840 g/mol. The standard InChI is InChI=1S/C44H73NO14/c1-31(42(56)22-9-7-5-4-6-8-10-23-44(58)59-3)43(57)30-41(55)29-40(54)27-37(51)20-13-19-36(50)26-39(53)28-38(52)25-35(49)18-12-17-33(47)15-11-16-34(48)21-14-24-45-32(2)46/h4-13,15,18,20,23,31,33-43,47-57H,14,16-17,19,21-22,24-30H2,1-3H3,(H,45,46)/b5-4+,8-6+,9-7+,15-11+,18-12+,20-13+,23-10+/t31?,33?,34?,35?,36?,37?,38?,39?,40?,41?,42?,43-/m1/s1. The van der Waals surface area contributed by atoms with Gasteiger partial charge in [0.05, 0.1) is 74.3 Å². The Balaban J connectivity index is 4.38. The number of amides is 1. The van der Waals surface area contributed by atoms with Crippen LogP contribution in [0.2, 0.25) is 0 Å². The van der Waals surface area contributed by atoms with Gasteiger partial charge in [0.1, 0.15) is 0 Å². The van der Waals surface area contributed by atoms with Crippen molar-refractivity contribution < 1.29 is 70.5 Å². The lowest BCUT2D eigenvalue weighted by Gasteiger charge is -2.26. The molecule has 338 valence electrons. The Hall–Kier alpha value is -3.32. The number of aliphatic hydroxyl groups excluding tert-OH is 11. The summed E-state index contributed by atoms with van der Waals surface area (Å²) in [5.41, 5.74) is 0. The number of carbonyl (C=O) groups is 2. The SMILES string of the molecule is COC(=O)/C=C/C=C/C=C/C=C/CC(O)C(C)[C@H](O)CC(O)CC(O)CC(O)/C=C/CC(O)CC(O)CC(O)CC(O)/C=C/CC(O)/C=C/CC(O)CCCNC(C)=O. The average Bonchev–Trinajstić information content (AvgIpc) is 3.14. The van der Waals surface area contributed by atoms with Crippen molar-refractivity contribution in [2.24, 2.45) is 5.92 Å². The summed E-state index contributed by atoms with van der Waals surface area (Å²) in [5, 5.41) is 116. The van der Waals surface area contributed by atoms with Crippen molar-refractivity contribution in [1.29, 1.82) is 0 Å². The Kier molecular flexibility index (Phi) is 32.5. The molecule has 0 heterocycles. The van der Waals surface area contributed by atoms with E-state index < -0.39 is 79.0 Å². The van der Waals surface area contributed by atoms with Gasteiger partial charge in [0.2, 0.25) is 5.91 Å². The van der Waals surface area contributed by atoms with E-state index in [0.29, 0.717) is 25.8 Å². The van der Waals surface area contributed by atoms with E-state index >= 15 is 0 Å². The minimum atomic E-state index is -1.10. The summed E-state index contributed by atoms with van der Waals surface area (Å²) < 4.78 is 4.48. The minimum Gasteiger partial charge on any atom is -0.466 e. The fourth-order valence-corrected chi connectivity index (χ4v) is 5.82. The Morgan fingerprint density at radius 1 is 0.525 bits per heavy atom. The first-order valence-corrected chi connectivity index (χ1v) is 20.4. The number of aliphatic hydroxyl groups is 11. The molecular weight excluding hydrogens is 766 g/mol. The summed E-state index contributed by atoms with van der Waals surface area (Å²) in [5.74, 6) is -1.15. The molecule has 0 rings (SSSR count). The van der Waals surface area contributed by atoms with E-state index in [9.17, 15) is 65.8 Å². The maximum atomic E-state index is 11.0. The van der Waals surface area contributed by atoms with Crippen LogP contribution in [0.15, 0.2) is 85.1 Å². The molecule has 12 atom stereocenters. The van der Waals surface area contributed by atoms with Gasteiger partial charge in [0.15, 0.2) is 0 Å². The van der Waals surface area contributed by atoms with E-state index in [4.69, 9.17) is 0 Å². The highest BCUT2D eigenvalue weighted by atomic mass is 16.5. The molecule has 0 saturated heterocycles. The van der Waals surface area contributed by atoms with Crippen LogP contribution in [0.25, 0.3) is 0 Å². The van der Waals surface area contributed by atoms with E-state index in [2.05, 4.69) is 10.1 Å². The van der Waals surface area contributed by atoms with Gasteiger partial charge < -0.3 is 66.2 Å². The Morgan fingerprint density at radius 3 is 1.58 bits per heavy atom. The zero-order valence-electron chi connectivity index (χ0n) is 34.8. The first kappa shape index (κ1) is 55.7. The Labute approximate surface area is 349 Å². The van der Waals surface area contributed by atoms with E-state index in [-0.39, 0.29) is 63.7 Å². The van der Waals surface area contributed by atoms with E-state index in [1.54, 1.807) is 61.6 Å². The third-order valence-corrected chi connectivity index (χ3v) is 9.25. The summed E-state index contributed by atoms with van der Waals surface area (Å²) in [4.78, 5) is 21.8. The van der Waals surface area contributed by atoms with Crippen molar-refractivity contribution >= 4 is 11.9 Å². The van der Waals surface area contributed by atoms with Crippen LogP contribution in [-0.4, -0.2) is 149 Å². The molecule has 1 amide bonds. The summed E-state index contributed by atoms with van der Waals surface area (Å²) in [6.07, 6.45) is 12.9. The second kappa shape index (κ2) is 34.4. The lowest BCUT2D eigenvalue weighted by atomic mass is 9.90. The van der Waals surface area contributed by atoms with Crippen LogP contribution in [0.4, 0.5) is 0 Å². The molecule has 0 aromatic heterocycles. The maximum absolute atomic E-state index is 11.0. The summed E-state index contributed by atoms with van der Waals surface area (Å²) in [7, 11) is 1.29. The van der Waals surface area contributed by atoms with Crippen molar-refractivity contribution in [2.75, 3.05) is 13.7 Å². The molecule has 0 radical (unpaired) electrons. The topological polar surface area (TPSA) is 278 Å². The van der Waals surface area contributed by atoms with Gasteiger partial charge in [0, 0.05) is 38.3 Å². The number of allylic oxidation sites excluding steroid dienone is 6. The van der Waals surface area contributed by atoms with Gasteiger partial charge >= 0.3 is 5.97 Å². The lowest BCUT2D eigenvalue weighted by molar-refractivity contribution is -0.134. The molecule has 0 fully saturated rings. The van der Waals surface area contributed by atoms with Crippen LogP contribution in [0.5, 0.6) is 0 Å². The van der Waals surface area contributed by atoms with Crippen LogP contribution in [0, 0.1) is 5.92 Å². The van der Waals surface area contributed by atoms with E-state index in [1.807, 2.05) is 0 Å². The summed E-state index contributed by atoms with van der Waals surface area (Å²) in [6, 6.07) is 0. The summed E-state index contributed by atoms with van der Waals surface area (Å²) in [6.45, 7) is 3.57. The van der Waals surface area contributed by atoms with Gasteiger partial charge in [-0.2, -0.15) is 0 Å². The molecular formula is C44H73NO14. The fourth-order valence-electron chi connectivity index (χ4n) is 5.82. The number of methoxy groups -OCH3 is 1. The smallest absolute Gasteiger partial charge is 0.330 e. The van der Waals surface area contributed by atoms with Crippen LogP contribution in [0.1, 0.15) is 90.9 Å². The van der Waals surface area contributed by atoms with Crippen LogP contribution in [-0.2, 0) is 14.3 Å². The minimum absolute atomic E-state index is 0.0694. The molecule has 15 nitrogen and oxygen atoms in total. The first-order valence-electron chi connectivity index (χ1n) is 20.4. The zero-order valence-corrected chi connectivity index (χ0v) is 34.8. The number of esters is 1. The van der Waals surface area contributed by atoms with Gasteiger partial charge in [0.25, 0.3) is 0 Å². The molecule has 0 saturated carbocycles. The fraction of sp³-hybridized carbons (Fsp3) is 0.636. The van der Waals surface area contributed by atoms with Crippen molar-refractivity contribution in [3.8, 4) is 0 Å². The van der Waals surface area contributed by atoms with Crippen LogP contribution in [0.3, 0.4) is 0 Å². The normalized spacial score (nSPS) is 19.1. The molecule has 12 N–H and O–H groups in total. The second-order valence-electron chi connectivity index (χ2n) is 15.0. The quantitative estimate of drug-likeness (QED) is 0.0147. The van der Waals surface area contributed by atoms with Gasteiger partial charge in [-0.25, -0.2) is 4.79 Å². The van der Waals surface area contributed by atoms with Crippen LogP contribution >= 0.6 is 0 Å². The predicted molar refractivity (Wildman–Crippen MR) is 225 cm³/mol. The molecule has 0 aromatic rings. The molecule has 0 bridgehead atoms. The number of hydrogen-bond donors (Lipinski definition) is 12. The number of ether oxygens (including phenoxy) is 1. The number of hydrogen-bond acceptors (Lipinski definition) is 14. The van der Waals surface area contributed by atoms with Gasteiger partial charge in [-0.15, -0.1) is 0 Å². The molecule has 0 aromatic carbocycles. The molecule has 0 aliphatic rings. The second-order valence-corrected chi connectivity index (χ2v) is 15.0. The lowest BCUT2D eigenvalue weighted by Crippen LogP contribution is -2.33. The number of nitrogens with one attached hydrogen (secondary N) is 1. The molecule has 11 unspecified atom stereocenters. The third kappa shape index (κ3) is 33.1. The van der Waals surface area contributed by atoms with Gasteiger partial charge in [-0.05, 0) is 64.2 Å². The Bertz CT molecular complexity index is 1310.